The first-order valence-electron chi connectivity index (χ1n) is 12.8. The van der Waals surface area contributed by atoms with Gasteiger partial charge in [0, 0.05) is 26.2 Å². The predicted molar refractivity (Wildman–Crippen MR) is 143 cm³/mol. The zero-order valence-electron chi connectivity index (χ0n) is 22.0. The van der Waals surface area contributed by atoms with E-state index in [0.717, 1.165) is 43.0 Å². The van der Waals surface area contributed by atoms with Crippen LogP contribution in [0.4, 0.5) is 11.9 Å². The summed E-state index contributed by atoms with van der Waals surface area (Å²) in [6.07, 6.45) is 0. The summed E-state index contributed by atoms with van der Waals surface area (Å²) in [5.74, 6) is 2.70. The van der Waals surface area contributed by atoms with Gasteiger partial charge in [0.25, 0.3) is 0 Å². The minimum absolute atomic E-state index is 0.101. The van der Waals surface area contributed by atoms with E-state index in [9.17, 15) is 0 Å². The van der Waals surface area contributed by atoms with Gasteiger partial charge in [-0.1, -0.05) is 32.9 Å². The van der Waals surface area contributed by atoms with Crippen molar-refractivity contribution in [2.75, 3.05) is 62.4 Å². The molecule has 0 spiro atoms. The van der Waals surface area contributed by atoms with E-state index >= 15 is 0 Å². The number of imidazole rings is 1. The molecule has 0 bridgehead atoms. The molecule has 1 aromatic carbocycles. The fraction of sp³-hybridized carbons (Fsp3) is 0.600. The summed E-state index contributed by atoms with van der Waals surface area (Å²) in [4.78, 5) is 24.1. The van der Waals surface area contributed by atoms with E-state index in [4.69, 9.17) is 33.8 Å². The van der Waals surface area contributed by atoms with Crippen LogP contribution in [-0.2, 0) is 20.5 Å². The molecule has 0 saturated carbocycles. The van der Waals surface area contributed by atoms with E-state index < -0.39 is 8.32 Å². The first-order valence-corrected chi connectivity index (χ1v) is 15.7. The molecular formula is C25H37N7O3Si. The van der Waals surface area contributed by atoms with Crippen molar-refractivity contribution in [3.8, 4) is 5.95 Å². The normalized spacial score (nSPS) is 17.7. The lowest BCUT2D eigenvalue weighted by Gasteiger charge is -2.36. The number of hydrogen-bond donors (Lipinski definition) is 0. The Morgan fingerprint density at radius 1 is 0.806 bits per heavy atom. The summed E-state index contributed by atoms with van der Waals surface area (Å²) in [6, 6.07) is 8.11. The number of rotatable bonds is 6. The molecule has 36 heavy (non-hydrogen) atoms. The highest BCUT2D eigenvalue weighted by Crippen LogP contribution is 2.37. The Bertz CT molecular complexity index is 1160. The quantitative estimate of drug-likeness (QED) is 0.462. The molecule has 0 unspecified atom stereocenters. The van der Waals surface area contributed by atoms with E-state index in [1.165, 1.54) is 0 Å². The maximum absolute atomic E-state index is 6.60. The van der Waals surface area contributed by atoms with Crippen LogP contribution in [0.2, 0.25) is 18.1 Å². The molecule has 0 N–H and O–H groups in total. The highest BCUT2D eigenvalue weighted by Gasteiger charge is 2.37. The van der Waals surface area contributed by atoms with Gasteiger partial charge in [-0.25, -0.2) is 4.98 Å². The Morgan fingerprint density at radius 3 is 1.89 bits per heavy atom. The maximum atomic E-state index is 6.60. The molecule has 3 aromatic rings. The third-order valence-corrected chi connectivity index (χ3v) is 11.9. The summed E-state index contributed by atoms with van der Waals surface area (Å²) in [7, 11) is -1.99. The van der Waals surface area contributed by atoms with Crippen LogP contribution in [-0.4, -0.2) is 85.4 Å². The number of anilines is 2. The van der Waals surface area contributed by atoms with Crippen LogP contribution < -0.4 is 9.80 Å². The molecule has 2 fully saturated rings. The van der Waals surface area contributed by atoms with E-state index in [0.29, 0.717) is 50.9 Å². The first kappa shape index (κ1) is 25.1. The number of aromatic nitrogens is 5. The van der Waals surface area contributed by atoms with Crippen LogP contribution in [0.1, 0.15) is 26.6 Å². The molecule has 4 heterocycles. The number of benzene rings is 1. The lowest BCUT2D eigenvalue weighted by atomic mass is 10.2. The second-order valence-corrected chi connectivity index (χ2v) is 15.6. The summed E-state index contributed by atoms with van der Waals surface area (Å²) >= 11 is 0. The van der Waals surface area contributed by atoms with Gasteiger partial charge in [0.05, 0.1) is 44.1 Å². The third kappa shape index (κ3) is 5.10. The first-order chi connectivity index (χ1) is 17.2. The Morgan fingerprint density at radius 2 is 1.33 bits per heavy atom. The zero-order valence-corrected chi connectivity index (χ0v) is 23.0. The monoisotopic (exact) mass is 511 g/mol. The van der Waals surface area contributed by atoms with Crippen LogP contribution in [0.25, 0.3) is 17.0 Å². The van der Waals surface area contributed by atoms with Crippen LogP contribution in [0.3, 0.4) is 0 Å². The largest absolute Gasteiger partial charge is 0.409 e. The summed E-state index contributed by atoms with van der Waals surface area (Å²) in [6.45, 7) is 17.3. The van der Waals surface area contributed by atoms with Gasteiger partial charge >= 0.3 is 0 Å². The second-order valence-electron chi connectivity index (χ2n) is 10.8. The van der Waals surface area contributed by atoms with Crippen LogP contribution in [0, 0.1) is 0 Å². The molecular weight excluding hydrogens is 474 g/mol. The Labute approximate surface area is 213 Å². The molecule has 5 rings (SSSR count). The molecule has 2 aromatic heterocycles. The standard InChI is InChI=1S/C25H37N7O3Si/c1-25(2,3)36(4,5)35-18-21-26-19-8-6-7-9-20(19)32(21)24-28-22(30-10-14-33-15-11-30)27-23(29-24)31-12-16-34-17-13-31/h6-9H,10-18H2,1-5H3. The molecule has 0 atom stereocenters. The van der Waals surface area contributed by atoms with Crippen molar-refractivity contribution in [2.45, 2.75) is 45.5 Å². The molecule has 0 amide bonds. The topological polar surface area (TPSA) is 90.7 Å². The fourth-order valence-corrected chi connectivity index (χ4v) is 5.03. The molecule has 2 aliphatic heterocycles. The third-order valence-electron chi connectivity index (χ3n) is 7.39. The van der Waals surface area contributed by atoms with Gasteiger partial charge in [0.2, 0.25) is 17.8 Å². The maximum Gasteiger partial charge on any atom is 0.242 e. The van der Waals surface area contributed by atoms with Gasteiger partial charge in [0.15, 0.2) is 8.32 Å². The van der Waals surface area contributed by atoms with Gasteiger partial charge in [-0.2, -0.15) is 15.0 Å². The van der Waals surface area contributed by atoms with Crippen LogP contribution in [0.5, 0.6) is 0 Å². The molecule has 194 valence electrons. The average Bonchev–Trinajstić information content (AvgIpc) is 3.26. The minimum atomic E-state index is -1.99. The smallest absolute Gasteiger partial charge is 0.242 e. The van der Waals surface area contributed by atoms with Crippen molar-refractivity contribution in [3.05, 3.63) is 30.1 Å². The summed E-state index contributed by atoms with van der Waals surface area (Å²) in [5.41, 5.74) is 1.85. The summed E-state index contributed by atoms with van der Waals surface area (Å²) < 4.78 is 19.8. The number of ether oxygens (including phenoxy) is 2. The number of nitrogens with zero attached hydrogens (tertiary/aromatic N) is 7. The highest BCUT2D eigenvalue weighted by atomic mass is 28.4. The lowest BCUT2D eigenvalue weighted by Crippen LogP contribution is -2.41. The molecule has 2 aliphatic rings. The minimum Gasteiger partial charge on any atom is -0.409 e. The van der Waals surface area contributed by atoms with Crippen molar-refractivity contribution in [3.63, 3.8) is 0 Å². The van der Waals surface area contributed by atoms with E-state index in [-0.39, 0.29) is 5.04 Å². The summed E-state index contributed by atoms with van der Waals surface area (Å²) in [5, 5.41) is 0.101. The van der Waals surface area contributed by atoms with Crippen LogP contribution in [0.15, 0.2) is 24.3 Å². The van der Waals surface area contributed by atoms with Crippen molar-refractivity contribution >= 4 is 31.2 Å². The van der Waals surface area contributed by atoms with Gasteiger partial charge in [-0.15, -0.1) is 0 Å². The molecule has 2 saturated heterocycles. The Hall–Kier alpha value is -2.60. The SMILES string of the molecule is CC(C)(C)[Si](C)(C)OCc1nc2ccccc2n1-c1nc(N2CCOCC2)nc(N2CCOCC2)n1. The molecule has 10 nitrogen and oxygen atoms in total. The van der Waals surface area contributed by atoms with Crippen LogP contribution >= 0.6 is 0 Å². The van der Waals surface area contributed by atoms with Gasteiger partial charge in [-0.3, -0.25) is 4.57 Å². The highest BCUT2D eigenvalue weighted by molar-refractivity contribution is 6.74. The Kier molecular flexibility index (Phi) is 6.99. The van der Waals surface area contributed by atoms with E-state index in [1.54, 1.807) is 0 Å². The zero-order chi connectivity index (χ0) is 25.3. The predicted octanol–water partition coefficient (Wildman–Crippen LogP) is 3.41. The number of para-hydroxylation sites is 2. The fourth-order valence-electron chi connectivity index (χ4n) is 4.11. The Balaban J connectivity index is 1.60. The van der Waals surface area contributed by atoms with Gasteiger partial charge < -0.3 is 23.7 Å². The number of morpholine rings is 2. The average molecular weight is 512 g/mol. The van der Waals surface area contributed by atoms with Crippen molar-refractivity contribution < 1.29 is 13.9 Å². The van der Waals surface area contributed by atoms with E-state index in [2.05, 4.69) is 49.7 Å². The number of fused-ring (bicyclic) bond motifs is 1. The van der Waals surface area contributed by atoms with Crippen molar-refractivity contribution in [2.24, 2.45) is 0 Å². The lowest BCUT2D eigenvalue weighted by molar-refractivity contribution is 0.121. The van der Waals surface area contributed by atoms with E-state index in [1.807, 2.05) is 22.8 Å². The molecule has 0 radical (unpaired) electrons. The van der Waals surface area contributed by atoms with Crippen molar-refractivity contribution in [1.82, 2.24) is 24.5 Å². The molecule has 11 heteroatoms. The van der Waals surface area contributed by atoms with Crippen molar-refractivity contribution in [1.29, 1.82) is 0 Å². The number of hydrogen-bond acceptors (Lipinski definition) is 9. The molecule has 0 aliphatic carbocycles. The van der Waals surface area contributed by atoms with Gasteiger partial charge in [-0.05, 0) is 30.3 Å². The second kappa shape index (κ2) is 10.0. The van der Waals surface area contributed by atoms with Gasteiger partial charge in [0.1, 0.15) is 5.82 Å².